The maximum atomic E-state index is 12.0. The zero-order valence-corrected chi connectivity index (χ0v) is 9.38. The Morgan fingerprint density at radius 3 is 2.94 bits per heavy atom. The fourth-order valence-electron chi connectivity index (χ4n) is 1.62. The Morgan fingerprint density at radius 2 is 2.18 bits per heavy atom. The molecule has 84 valence electrons. The first kappa shape index (κ1) is 9.98. The molecule has 2 heterocycles. The molecule has 0 aliphatic rings. The highest BCUT2D eigenvalue weighted by atomic mass is 32.1. The largest absolute Gasteiger partial charge is 0.312 e. The first-order valence-electron chi connectivity index (χ1n) is 4.91. The number of hydrogen-bond acceptors (Lipinski definition) is 4. The van der Waals surface area contributed by atoms with Crippen molar-refractivity contribution in [1.29, 1.82) is 0 Å². The molecule has 0 spiro atoms. The number of hydrogen-bond donors (Lipinski definition) is 2. The van der Waals surface area contributed by atoms with E-state index < -0.39 is 0 Å². The number of rotatable bonds is 2. The molecule has 3 aromatic rings. The summed E-state index contributed by atoms with van der Waals surface area (Å²) in [6.45, 7) is 0. The predicted molar refractivity (Wildman–Crippen MR) is 64.5 cm³/mol. The third-order valence-corrected chi connectivity index (χ3v) is 3.27. The van der Waals surface area contributed by atoms with Crippen LogP contribution in [0.2, 0.25) is 0 Å². The smallest absolute Gasteiger partial charge is 0.305 e. The molecule has 0 amide bonds. The topological polar surface area (TPSA) is 78.6 Å². The van der Waals surface area contributed by atoms with Gasteiger partial charge in [-0.05, 0) is 24.3 Å². The van der Waals surface area contributed by atoms with E-state index in [1.807, 2.05) is 0 Å². The first-order chi connectivity index (χ1) is 8.24. The molecule has 0 radical (unpaired) electrons. The second-order valence-electron chi connectivity index (χ2n) is 3.52. The van der Waals surface area contributed by atoms with Gasteiger partial charge in [-0.3, -0.25) is 14.7 Å². The number of carbonyl (C=O) groups is 1. The van der Waals surface area contributed by atoms with Crippen LogP contribution in [0.5, 0.6) is 0 Å². The van der Waals surface area contributed by atoms with Gasteiger partial charge in [0.25, 0.3) is 0 Å². The molecule has 0 aliphatic heterocycles. The molecule has 6 heteroatoms. The number of ketones is 1. The molecule has 0 saturated heterocycles. The lowest BCUT2D eigenvalue weighted by Crippen LogP contribution is -2.01. The molecule has 5 nitrogen and oxygen atoms in total. The van der Waals surface area contributed by atoms with Crippen LogP contribution >= 0.6 is 11.3 Å². The van der Waals surface area contributed by atoms with Crippen LogP contribution in [0.3, 0.4) is 0 Å². The van der Waals surface area contributed by atoms with Gasteiger partial charge in [-0.15, -0.1) is 0 Å². The summed E-state index contributed by atoms with van der Waals surface area (Å²) < 4.78 is 0.778. The van der Waals surface area contributed by atoms with E-state index in [2.05, 4.69) is 15.2 Å². The van der Waals surface area contributed by atoms with Crippen LogP contribution in [0.25, 0.3) is 10.2 Å². The minimum absolute atomic E-state index is 0.119. The Bertz CT molecular complexity index is 740. The van der Waals surface area contributed by atoms with E-state index in [1.54, 1.807) is 24.3 Å². The second-order valence-corrected chi connectivity index (χ2v) is 4.54. The summed E-state index contributed by atoms with van der Waals surface area (Å²) in [6, 6.07) is 6.75. The predicted octanol–water partition coefficient (Wildman–Crippen LogP) is 1.54. The summed E-state index contributed by atoms with van der Waals surface area (Å²) in [5.74, 6) is -0.134. The molecular weight excluding hydrogens is 238 g/mol. The second kappa shape index (κ2) is 3.67. The van der Waals surface area contributed by atoms with Crippen molar-refractivity contribution < 1.29 is 4.79 Å². The van der Waals surface area contributed by atoms with Crippen LogP contribution in [0, 0.1) is 0 Å². The Hall–Kier alpha value is -2.21. The number of thiazole rings is 1. The van der Waals surface area contributed by atoms with E-state index in [4.69, 9.17) is 0 Å². The number of nitrogens with zero attached hydrogens (tertiary/aromatic N) is 1. The summed E-state index contributed by atoms with van der Waals surface area (Å²) in [7, 11) is 0. The lowest BCUT2D eigenvalue weighted by atomic mass is 10.1. The fraction of sp³-hybridized carbons (Fsp3) is 0. The molecular formula is C11H7N3O2S. The van der Waals surface area contributed by atoms with Gasteiger partial charge in [-0.2, -0.15) is 5.10 Å². The zero-order chi connectivity index (χ0) is 11.8. The molecule has 3 rings (SSSR count). The number of fused-ring (bicyclic) bond motifs is 1. The van der Waals surface area contributed by atoms with Crippen LogP contribution in [-0.4, -0.2) is 21.0 Å². The van der Waals surface area contributed by atoms with Gasteiger partial charge >= 0.3 is 4.87 Å². The Kier molecular flexibility index (Phi) is 2.15. The van der Waals surface area contributed by atoms with Crippen molar-refractivity contribution in [2.24, 2.45) is 0 Å². The van der Waals surface area contributed by atoms with Crippen LogP contribution in [0.15, 0.2) is 35.3 Å². The maximum Gasteiger partial charge on any atom is 0.305 e. The number of aromatic amines is 2. The monoisotopic (exact) mass is 245 g/mol. The highest BCUT2D eigenvalue weighted by molar-refractivity contribution is 7.16. The standard InChI is InChI=1S/C11H7N3O2S/c15-10(8-3-4-12-14-8)6-1-2-7-9(5-6)17-11(16)13-7/h1-5H,(H,12,14)(H,13,16). The molecule has 0 bridgehead atoms. The van der Waals surface area contributed by atoms with Gasteiger partial charge in [-0.1, -0.05) is 11.3 Å². The average molecular weight is 245 g/mol. The van der Waals surface area contributed by atoms with E-state index in [0.717, 1.165) is 21.6 Å². The summed E-state index contributed by atoms with van der Waals surface area (Å²) in [5.41, 5.74) is 1.73. The van der Waals surface area contributed by atoms with Crippen molar-refractivity contribution in [2.45, 2.75) is 0 Å². The molecule has 0 unspecified atom stereocenters. The third-order valence-electron chi connectivity index (χ3n) is 2.43. The lowest BCUT2D eigenvalue weighted by molar-refractivity contribution is 0.103. The zero-order valence-electron chi connectivity index (χ0n) is 8.56. The quantitative estimate of drug-likeness (QED) is 0.672. The Balaban J connectivity index is 2.12. The van der Waals surface area contributed by atoms with Gasteiger partial charge in [0.15, 0.2) is 0 Å². The van der Waals surface area contributed by atoms with Gasteiger partial charge in [0, 0.05) is 11.8 Å². The van der Waals surface area contributed by atoms with Gasteiger partial charge in [0.1, 0.15) is 5.69 Å². The number of nitrogens with one attached hydrogen (secondary N) is 2. The number of aromatic nitrogens is 3. The van der Waals surface area contributed by atoms with Crippen molar-refractivity contribution in [2.75, 3.05) is 0 Å². The Labute approximate surface area is 99.1 Å². The van der Waals surface area contributed by atoms with Crippen molar-refractivity contribution in [3.63, 3.8) is 0 Å². The summed E-state index contributed by atoms with van der Waals surface area (Å²) in [5, 5.41) is 6.36. The van der Waals surface area contributed by atoms with Gasteiger partial charge < -0.3 is 4.98 Å². The number of benzene rings is 1. The third kappa shape index (κ3) is 1.68. The number of carbonyl (C=O) groups excluding carboxylic acids is 1. The van der Waals surface area contributed by atoms with Crippen LogP contribution < -0.4 is 4.87 Å². The normalized spacial score (nSPS) is 10.8. The van der Waals surface area contributed by atoms with Gasteiger partial charge in [0.05, 0.1) is 10.2 Å². The molecule has 2 aromatic heterocycles. The highest BCUT2D eigenvalue weighted by Crippen LogP contribution is 2.18. The van der Waals surface area contributed by atoms with Crippen molar-refractivity contribution >= 4 is 27.3 Å². The Morgan fingerprint density at radius 1 is 1.29 bits per heavy atom. The average Bonchev–Trinajstić information content (AvgIpc) is 2.94. The molecule has 0 saturated carbocycles. The van der Waals surface area contributed by atoms with Gasteiger partial charge in [-0.25, -0.2) is 0 Å². The fourth-order valence-corrected chi connectivity index (χ4v) is 2.40. The van der Waals surface area contributed by atoms with Gasteiger partial charge in [0.2, 0.25) is 5.78 Å². The van der Waals surface area contributed by atoms with Crippen molar-refractivity contribution in [3.8, 4) is 0 Å². The van der Waals surface area contributed by atoms with E-state index in [-0.39, 0.29) is 10.7 Å². The molecule has 0 fully saturated rings. The minimum atomic E-state index is -0.134. The SMILES string of the molecule is O=C(c1ccc2[nH]c(=O)sc2c1)c1ccn[nH]1. The molecule has 0 atom stereocenters. The van der Waals surface area contributed by atoms with E-state index in [9.17, 15) is 9.59 Å². The van der Waals surface area contributed by atoms with Crippen LogP contribution in [-0.2, 0) is 0 Å². The lowest BCUT2D eigenvalue weighted by Gasteiger charge is -1.97. The van der Waals surface area contributed by atoms with Crippen molar-refractivity contribution in [1.82, 2.24) is 15.2 Å². The van der Waals surface area contributed by atoms with E-state index in [1.165, 1.54) is 6.20 Å². The number of H-pyrrole nitrogens is 2. The first-order valence-corrected chi connectivity index (χ1v) is 5.72. The van der Waals surface area contributed by atoms with E-state index in [0.29, 0.717) is 11.3 Å². The molecule has 2 N–H and O–H groups in total. The molecule has 1 aromatic carbocycles. The summed E-state index contributed by atoms with van der Waals surface area (Å²) in [6.07, 6.45) is 1.53. The van der Waals surface area contributed by atoms with Crippen LogP contribution in [0.1, 0.15) is 16.1 Å². The highest BCUT2D eigenvalue weighted by Gasteiger charge is 2.11. The summed E-state index contributed by atoms with van der Waals surface area (Å²) >= 11 is 1.09. The van der Waals surface area contributed by atoms with Crippen LogP contribution in [0.4, 0.5) is 0 Å². The maximum absolute atomic E-state index is 12.0. The van der Waals surface area contributed by atoms with Crippen molar-refractivity contribution in [3.05, 3.63) is 51.4 Å². The molecule has 0 aliphatic carbocycles. The minimum Gasteiger partial charge on any atom is -0.312 e. The molecule has 17 heavy (non-hydrogen) atoms. The van der Waals surface area contributed by atoms with E-state index >= 15 is 0 Å². The summed E-state index contributed by atoms with van der Waals surface area (Å²) in [4.78, 5) is 25.7.